The van der Waals surface area contributed by atoms with E-state index in [1.54, 1.807) is 0 Å². The van der Waals surface area contributed by atoms with Gasteiger partial charge < -0.3 is 25.1 Å². The average Bonchev–Trinajstić information content (AvgIpc) is 3.08. The molecule has 6 unspecified atom stereocenters. The number of rotatable bonds is 6. The molecule has 3 aliphatic rings. The van der Waals surface area contributed by atoms with E-state index >= 15 is 0 Å². The fourth-order valence-corrected chi connectivity index (χ4v) is 4.49. The predicted molar refractivity (Wildman–Crippen MR) is 80.0 cm³/mol. The lowest BCUT2D eigenvalue weighted by molar-refractivity contribution is -0.163. The number of hydrogen-bond acceptors (Lipinski definition) is 9. The molecule has 0 radical (unpaired) electrons. The Bertz CT molecular complexity index is 705. The number of carbonyl (C=O) groups excluding carboxylic acids is 2. The molecule has 2 saturated carbocycles. The third-order valence-electron chi connectivity index (χ3n) is 5.07. The zero-order valence-corrected chi connectivity index (χ0v) is 13.9. The molecule has 10 nitrogen and oxygen atoms in total. The van der Waals surface area contributed by atoms with E-state index in [-0.39, 0.29) is 11.6 Å². The summed E-state index contributed by atoms with van der Waals surface area (Å²) >= 11 is 0. The van der Waals surface area contributed by atoms with Gasteiger partial charge in [0.2, 0.25) is 0 Å². The number of carbonyl (C=O) groups is 2. The van der Waals surface area contributed by atoms with Crippen LogP contribution in [-0.4, -0.2) is 60.9 Å². The van der Waals surface area contributed by atoms with E-state index in [0.717, 1.165) is 0 Å². The second-order valence-electron chi connectivity index (χ2n) is 6.51. The summed E-state index contributed by atoms with van der Waals surface area (Å²) in [6.07, 6.45) is -2.01. The molecule has 25 heavy (non-hydrogen) atoms. The number of fused-ring (bicyclic) bond motifs is 1. The summed E-state index contributed by atoms with van der Waals surface area (Å²) in [5.41, 5.74) is 5.02. The lowest BCUT2D eigenvalue weighted by Gasteiger charge is -2.31. The number of hydrogen-bond donors (Lipinski definition) is 3. The van der Waals surface area contributed by atoms with Crippen molar-refractivity contribution in [3.8, 4) is 0 Å². The van der Waals surface area contributed by atoms with Gasteiger partial charge in [-0.3, -0.25) is 9.35 Å². The number of aliphatic hydroxyl groups is 1. The highest BCUT2D eigenvalue weighted by molar-refractivity contribution is 7.85. The number of nitrogens with two attached hydrogens (primary N) is 1. The van der Waals surface area contributed by atoms with Crippen LogP contribution in [0.15, 0.2) is 12.3 Å². The molecule has 0 aromatic heterocycles. The molecule has 0 spiro atoms. The molecule has 0 amide bonds. The fraction of sp³-hybridized carbons (Fsp3) is 0.714. The van der Waals surface area contributed by atoms with Crippen LogP contribution in [0.5, 0.6) is 0 Å². The number of ether oxygens (including phenoxy) is 3. The molecular weight excluding hydrogens is 358 g/mol. The molecule has 1 heterocycles. The van der Waals surface area contributed by atoms with Gasteiger partial charge in [-0.15, -0.1) is 0 Å². The maximum Gasteiger partial charge on any atom is 0.353 e. The first kappa shape index (κ1) is 18.1. The normalized spacial score (nSPS) is 38.6. The van der Waals surface area contributed by atoms with Crippen molar-refractivity contribution < 1.29 is 41.9 Å². The summed E-state index contributed by atoms with van der Waals surface area (Å²) in [6, 6.07) is 0. The standard InChI is InChI=1S/C14H19NO9S/c1-5(15)12(16)23-10-6-4-7-9(14(18)24-11(7)10)8(6)13(17)22-2-3-25(19,20)21/h6-11,14,18H,1-4,15H2,(H,19,20,21)/t6?,7?,8?,9?,10?,11-,14?/m1/s1. The van der Waals surface area contributed by atoms with E-state index in [0.29, 0.717) is 6.42 Å². The number of esters is 2. The van der Waals surface area contributed by atoms with Crippen LogP contribution in [0.1, 0.15) is 6.42 Å². The van der Waals surface area contributed by atoms with Crippen molar-refractivity contribution in [2.45, 2.75) is 24.9 Å². The second-order valence-corrected chi connectivity index (χ2v) is 8.08. The first-order chi connectivity index (χ1) is 11.6. The quantitative estimate of drug-likeness (QED) is 0.279. The molecule has 7 atom stereocenters. The van der Waals surface area contributed by atoms with Gasteiger partial charge >= 0.3 is 11.9 Å². The summed E-state index contributed by atoms with van der Waals surface area (Å²) in [7, 11) is -4.26. The van der Waals surface area contributed by atoms with Crippen molar-refractivity contribution in [1.29, 1.82) is 0 Å². The van der Waals surface area contributed by atoms with Gasteiger partial charge in [0.1, 0.15) is 30.3 Å². The maximum atomic E-state index is 12.4. The largest absolute Gasteiger partial charge is 0.464 e. The highest BCUT2D eigenvalue weighted by atomic mass is 32.2. The van der Waals surface area contributed by atoms with Gasteiger partial charge in [0.05, 0.1) is 5.92 Å². The zero-order chi connectivity index (χ0) is 18.5. The summed E-state index contributed by atoms with van der Waals surface area (Å²) in [4.78, 5) is 24.1. The Kier molecular flexibility index (Phi) is 4.52. The predicted octanol–water partition coefficient (Wildman–Crippen LogP) is -1.60. The minimum absolute atomic E-state index is 0.178. The van der Waals surface area contributed by atoms with Gasteiger partial charge in [0, 0.05) is 11.8 Å². The molecule has 0 aromatic carbocycles. The van der Waals surface area contributed by atoms with E-state index in [1.807, 2.05) is 0 Å². The van der Waals surface area contributed by atoms with Crippen LogP contribution < -0.4 is 5.73 Å². The smallest absolute Gasteiger partial charge is 0.353 e. The Hall–Kier alpha value is -1.69. The van der Waals surface area contributed by atoms with Crippen LogP contribution in [0.25, 0.3) is 0 Å². The van der Waals surface area contributed by atoms with Gasteiger partial charge in [-0.05, 0) is 12.3 Å². The third-order valence-corrected chi connectivity index (χ3v) is 5.75. The van der Waals surface area contributed by atoms with Crippen LogP contribution in [0.4, 0.5) is 0 Å². The molecule has 3 fully saturated rings. The van der Waals surface area contributed by atoms with Gasteiger partial charge in [-0.2, -0.15) is 8.42 Å². The fourth-order valence-electron chi connectivity index (χ4n) is 4.20. The topological polar surface area (TPSA) is 162 Å². The Morgan fingerprint density at radius 2 is 2.00 bits per heavy atom. The van der Waals surface area contributed by atoms with E-state index in [1.165, 1.54) is 0 Å². The van der Waals surface area contributed by atoms with Crippen molar-refractivity contribution in [3.05, 3.63) is 12.3 Å². The second kappa shape index (κ2) is 6.24. The van der Waals surface area contributed by atoms with E-state index in [4.69, 9.17) is 24.5 Å². The summed E-state index contributed by atoms with van der Waals surface area (Å²) in [5, 5.41) is 10.1. The number of aliphatic hydroxyl groups excluding tert-OH is 1. The summed E-state index contributed by atoms with van der Waals surface area (Å²) in [5.74, 6) is -4.19. The van der Waals surface area contributed by atoms with Crippen molar-refractivity contribution in [2.75, 3.05) is 12.4 Å². The Labute approximate surface area is 143 Å². The molecule has 4 N–H and O–H groups in total. The average molecular weight is 377 g/mol. The molecule has 3 rings (SSSR count). The van der Waals surface area contributed by atoms with E-state index in [2.05, 4.69) is 6.58 Å². The van der Waals surface area contributed by atoms with E-state index in [9.17, 15) is 23.1 Å². The molecule has 2 bridgehead atoms. The van der Waals surface area contributed by atoms with Crippen LogP contribution in [0.2, 0.25) is 0 Å². The Balaban J connectivity index is 1.72. The summed E-state index contributed by atoms with van der Waals surface area (Å²) < 4.78 is 45.7. The van der Waals surface area contributed by atoms with Crippen LogP contribution >= 0.6 is 0 Å². The molecule has 140 valence electrons. The molecule has 2 aliphatic carbocycles. The molecule has 0 aromatic rings. The Morgan fingerprint density at radius 3 is 2.60 bits per heavy atom. The minimum Gasteiger partial charge on any atom is -0.464 e. The van der Waals surface area contributed by atoms with E-state index < -0.39 is 70.7 Å². The third kappa shape index (κ3) is 3.24. The maximum absolute atomic E-state index is 12.4. The van der Waals surface area contributed by atoms with Crippen molar-refractivity contribution in [3.63, 3.8) is 0 Å². The molecule has 1 saturated heterocycles. The first-order valence-electron chi connectivity index (χ1n) is 7.71. The molecular formula is C14H19NO9S. The SMILES string of the molecule is C=C(N)C(=O)OC1C2CC3C(C(O)O[C@H]31)C2C(=O)OCCS(=O)(=O)O. The highest BCUT2D eigenvalue weighted by Crippen LogP contribution is 2.60. The zero-order valence-electron chi connectivity index (χ0n) is 13.1. The lowest BCUT2D eigenvalue weighted by Crippen LogP contribution is -2.44. The molecule has 11 heteroatoms. The van der Waals surface area contributed by atoms with Gasteiger partial charge in [-0.25, -0.2) is 4.79 Å². The summed E-state index contributed by atoms with van der Waals surface area (Å²) in [6.45, 7) is 2.78. The van der Waals surface area contributed by atoms with Crippen molar-refractivity contribution >= 4 is 22.1 Å². The monoisotopic (exact) mass is 377 g/mol. The first-order valence-corrected chi connectivity index (χ1v) is 9.31. The van der Waals surface area contributed by atoms with Crippen molar-refractivity contribution in [1.82, 2.24) is 0 Å². The van der Waals surface area contributed by atoms with Gasteiger partial charge in [0.15, 0.2) is 6.29 Å². The Morgan fingerprint density at radius 1 is 1.32 bits per heavy atom. The van der Waals surface area contributed by atoms with Gasteiger partial charge in [0.25, 0.3) is 10.1 Å². The van der Waals surface area contributed by atoms with Crippen LogP contribution in [0, 0.1) is 23.7 Å². The lowest BCUT2D eigenvalue weighted by atomic mass is 9.78. The van der Waals surface area contributed by atoms with Crippen LogP contribution in [0.3, 0.4) is 0 Å². The van der Waals surface area contributed by atoms with Gasteiger partial charge in [-0.1, -0.05) is 6.58 Å². The van der Waals surface area contributed by atoms with Crippen LogP contribution in [-0.2, 0) is 33.9 Å². The van der Waals surface area contributed by atoms with Crippen molar-refractivity contribution in [2.24, 2.45) is 29.4 Å². The highest BCUT2D eigenvalue weighted by Gasteiger charge is 2.69. The minimum atomic E-state index is -4.26. The molecule has 1 aliphatic heterocycles.